The molecular formula is C104H177BrF4N8O4. The molecule has 0 saturated heterocycles. The highest BCUT2D eigenvalue weighted by molar-refractivity contribution is 5.76. The molecule has 0 saturated carbocycles. The summed E-state index contributed by atoms with van der Waals surface area (Å²) in [7, 11) is 7.58. The molecular weight excluding hydrogens is 1580 g/mol. The molecule has 6 aromatic rings. The number of benzene rings is 6. The average Bonchev–Trinajstić information content (AvgIpc) is 0.896. The van der Waals surface area contributed by atoms with Gasteiger partial charge in [-0.2, -0.15) is 0 Å². The lowest BCUT2D eigenvalue weighted by atomic mass is 10.1. The van der Waals surface area contributed by atoms with Crippen LogP contribution in [0.15, 0.2) is 152 Å². The van der Waals surface area contributed by atoms with E-state index in [1.165, 1.54) is 275 Å². The molecule has 0 spiro atoms. The molecule has 6 rings (SSSR count). The van der Waals surface area contributed by atoms with Gasteiger partial charge in [-0.05, 0) is 264 Å². The van der Waals surface area contributed by atoms with Crippen LogP contribution < -0.4 is 28.4 Å². The predicted octanol–water partition coefficient (Wildman–Crippen LogP) is 24.0. The van der Waals surface area contributed by atoms with Gasteiger partial charge in [-0.25, -0.2) is 17.6 Å². The zero-order chi connectivity index (χ0) is 89.9. The minimum Gasteiger partial charge on any atom is -1.00 e. The molecule has 0 heterocycles. The van der Waals surface area contributed by atoms with Gasteiger partial charge in [0.1, 0.15) is 23.3 Å². The van der Waals surface area contributed by atoms with Gasteiger partial charge in [-0.1, -0.05) is 277 Å². The van der Waals surface area contributed by atoms with Crippen molar-refractivity contribution in [1.29, 1.82) is 0 Å². The van der Waals surface area contributed by atoms with Crippen LogP contribution in [-0.2, 0) is 48.1 Å². The fraction of sp³-hybridized carbons (Fsp3) is 0.635. The van der Waals surface area contributed by atoms with Gasteiger partial charge < -0.3 is 52.5 Å². The maximum atomic E-state index is 12.8. The van der Waals surface area contributed by atoms with Gasteiger partial charge in [-0.15, -0.1) is 0 Å². The standard InChI is InChI=1S/C17H26FNO.C16H36N.C12H17F.C12H17NO2.C12H27N.C11H14FNO.C11H16FN.C9H13N.C4H11N.BrH/c1-3-5-13-19(14-6-4-2)17(20)12-9-15-7-10-16(18)11-8-15;1-5-9-13-17(14-10-6-2,15-11-7-3)16-12-8-4;1-2-3-4-5-6-11-7-9-12(13)10-8-11;1-2-3-4-5-6-11-7-9-12(10-8-11)13(14)15;1-4-7-10-13(11-8-5-2)12-9-6-3;1-13(2)11(14)8-5-9-3-6-10(12)7-4-9;1-13(2)9-3-4-10-5-7-11(12)8-6-10;10-8-4-7-9-5-2-1-3-6-9;1-2-3-4-5;/h7-8,10-11H,3-6,9,12-14H2,1-2H3;5-16H2,1-4H3;7-10H,2-6H2,1H3;7-10H,2-6H2,1H3;4-12H2,1-3H3;3-4,6-7H,5,8H2,1-2H3;5-8H,3-4,9H2,1-2H3;1-3,5-6H,4,7-8,10H2;2-5H2,1H3;1H/q;+1;;;;;;;;/p-1. The number of quaternary nitrogens is 1. The van der Waals surface area contributed by atoms with E-state index in [-0.39, 0.29) is 62.7 Å². The highest BCUT2D eigenvalue weighted by atomic mass is 79.9. The highest BCUT2D eigenvalue weighted by Crippen LogP contribution is 2.19. The number of unbranched alkanes of at least 4 members (excludes halogenated alkanes) is 16. The van der Waals surface area contributed by atoms with Crippen LogP contribution in [0.4, 0.5) is 23.2 Å². The quantitative estimate of drug-likeness (QED) is 0.0126. The first-order valence-electron chi connectivity index (χ1n) is 47.3. The van der Waals surface area contributed by atoms with Crippen molar-refractivity contribution in [2.45, 2.75) is 327 Å². The summed E-state index contributed by atoms with van der Waals surface area (Å²) in [6.07, 6.45) is 44.7. The molecule has 6 aromatic carbocycles. The fourth-order valence-electron chi connectivity index (χ4n) is 12.7. The van der Waals surface area contributed by atoms with E-state index >= 15 is 0 Å². The van der Waals surface area contributed by atoms with Crippen molar-refractivity contribution >= 4 is 17.5 Å². The molecule has 0 unspecified atom stereocenters. The van der Waals surface area contributed by atoms with E-state index in [1.54, 1.807) is 55.4 Å². The molecule has 0 fully saturated rings. The number of rotatable bonds is 53. The molecule has 0 aromatic heterocycles. The maximum Gasteiger partial charge on any atom is 0.269 e. The monoisotopic (exact) mass is 1760 g/mol. The van der Waals surface area contributed by atoms with Gasteiger partial charge >= 0.3 is 0 Å². The maximum absolute atomic E-state index is 12.8. The third kappa shape index (κ3) is 74.8. The normalized spacial score (nSPS) is 10.4. The molecule has 17 heteroatoms. The van der Waals surface area contributed by atoms with Crippen molar-refractivity contribution in [3.05, 3.63) is 218 Å². The first-order valence-corrected chi connectivity index (χ1v) is 47.3. The SMILES string of the molecule is CCCCCCc1ccc(F)cc1.CCCCCCc1ccc([N+](=O)[O-])cc1.CCCCN.CCCCN(CCCC)C(=O)CCc1ccc(F)cc1.CCCCN(CCCC)CCCC.CCCC[N+](CCCC)(CCCC)CCCC.CN(C)C(=O)CCc1ccc(F)cc1.CN(C)CCCc1ccc(F)cc1.NCCCc1ccccc1.[Br-]. The van der Waals surface area contributed by atoms with Crippen LogP contribution in [0.25, 0.3) is 0 Å². The number of carbonyl (C=O) groups excluding carboxylic acids is 2. The number of nitrogens with two attached hydrogens (primary N) is 2. The van der Waals surface area contributed by atoms with Gasteiger partial charge in [0.15, 0.2) is 0 Å². The first kappa shape index (κ1) is 121. The van der Waals surface area contributed by atoms with E-state index < -0.39 is 0 Å². The summed E-state index contributed by atoms with van der Waals surface area (Å²) < 4.78 is 51.8. The molecule has 12 nitrogen and oxygen atoms in total. The van der Waals surface area contributed by atoms with Crippen LogP contribution >= 0.6 is 0 Å². The minimum absolute atomic E-state index is 0. The van der Waals surface area contributed by atoms with Crippen molar-refractivity contribution in [3.63, 3.8) is 0 Å². The lowest BCUT2D eigenvalue weighted by Crippen LogP contribution is -3.00. The number of non-ortho nitro benzene ring substituents is 1. The van der Waals surface area contributed by atoms with E-state index in [1.807, 2.05) is 47.4 Å². The zero-order valence-corrected chi connectivity index (χ0v) is 81.2. The van der Waals surface area contributed by atoms with E-state index in [2.05, 4.69) is 131 Å². The second kappa shape index (κ2) is 87.1. The van der Waals surface area contributed by atoms with Gasteiger partial charge in [-0.3, -0.25) is 19.7 Å². The Labute approximate surface area is 749 Å². The summed E-state index contributed by atoms with van der Waals surface area (Å²) in [5, 5.41) is 10.4. The lowest BCUT2D eigenvalue weighted by Gasteiger charge is -2.39. The number of nitrogens with zero attached hydrogens (tertiary/aromatic N) is 6. The molecule has 0 aliphatic heterocycles. The number of carbonyl (C=O) groups is 2. The number of nitro benzene ring substituents is 1. The van der Waals surface area contributed by atoms with Crippen molar-refractivity contribution in [2.24, 2.45) is 11.5 Å². The van der Waals surface area contributed by atoms with Gasteiger partial charge in [0, 0.05) is 52.2 Å². The Morgan fingerprint density at radius 1 is 0.322 bits per heavy atom. The van der Waals surface area contributed by atoms with E-state index in [0.717, 1.165) is 108 Å². The number of nitro groups is 1. The van der Waals surface area contributed by atoms with Crippen molar-refractivity contribution < 1.29 is 53.5 Å². The summed E-state index contributed by atoms with van der Waals surface area (Å²) in [5.74, 6) is -0.459. The van der Waals surface area contributed by atoms with Crippen LogP contribution in [-0.4, -0.2) is 148 Å². The average molecular weight is 1760 g/mol. The number of aryl methyl sites for hydroxylation is 6. The predicted molar refractivity (Wildman–Crippen MR) is 511 cm³/mol. The van der Waals surface area contributed by atoms with Gasteiger partial charge in [0.05, 0.1) is 31.1 Å². The summed E-state index contributed by atoms with van der Waals surface area (Å²) in [4.78, 5) is 41.9. The molecule has 2 amide bonds. The summed E-state index contributed by atoms with van der Waals surface area (Å²) >= 11 is 0. The molecule has 121 heavy (non-hydrogen) atoms. The third-order valence-electron chi connectivity index (χ3n) is 20.7. The van der Waals surface area contributed by atoms with Crippen LogP contribution in [0.2, 0.25) is 0 Å². The van der Waals surface area contributed by atoms with Crippen molar-refractivity contribution in [1.82, 2.24) is 19.6 Å². The van der Waals surface area contributed by atoms with E-state index in [0.29, 0.717) is 25.7 Å². The molecule has 0 aliphatic rings. The van der Waals surface area contributed by atoms with Crippen LogP contribution in [0.3, 0.4) is 0 Å². The van der Waals surface area contributed by atoms with Crippen molar-refractivity contribution in [3.8, 4) is 0 Å². The molecule has 4 N–H and O–H groups in total. The Morgan fingerprint density at radius 2 is 0.603 bits per heavy atom. The van der Waals surface area contributed by atoms with Gasteiger partial charge in [0.2, 0.25) is 11.8 Å². The highest BCUT2D eigenvalue weighted by Gasteiger charge is 2.25. The number of amides is 2. The van der Waals surface area contributed by atoms with Crippen LogP contribution in [0, 0.1) is 33.4 Å². The van der Waals surface area contributed by atoms with Crippen molar-refractivity contribution in [2.75, 3.05) is 107 Å². The molecule has 0 aliphatic carbocycles. The smallest absolute Gasteiger partial charge is 0.269 e. The van der Waals surface area contributed by atoms with Crippen LogP contribution in [0.5, 0.6) is 0 Å². The van der Waals surface area contributed by atoms with E-state index in [4.69, 9.17) is 11.5 Å². The number of hydrogen-bond acceptors (Lipinski definition) is 8. The topological polar surface area (TPSA) is 142 Å². The third-order valence-corrected chi connectivity index (χ3v) is 20.7. The fourth-order valence-corrected chi connectivity index (χ4v) is 12.7. The Balaban J connectivity index is -0.000000644. The Hall–Kier alpha value is -6.34. The van der Waals surface area contributed by atoms with E-state index in [9.17, 15) is 37.3 Å². The molecule has 0 bridgehead atoms. The number of hydrogen-bond donors (Lipinski definition) is 2. The second-order valence-corrected chi connectivity index (χ2v) is 32.4. The summed E-state index contributed by atoms with van der Waals surface area (Å²) in [6, 6.07) is 43.5. The largest absolute Gasteiger partial charge is 1.00 e. The zero-order valence-electron chi connectivity index (χ0n) is 79.6. The van der Waals surface area contributed by atoms with Crippen LogP contribution in [0.1, 0.15) is 322 Å². The first-order chi connectivity index (χ1) is 57.9. The summed E-state index contributed by atoms with van der Waals surface area (Å²) in [5.41, 5.74) is 17.7. The molecule has 692 valence electrons. The lowest BCUT2D eigenvalue weighted by molar-refractivity contribution is -0.929. The minimum atomic E-state index is -0.360. The van der Waals surface area contributed by atoms with Gasteiger partial charge in [0.25, 0.3) is 5.69 Å². The molecule has 0 atom stereocenters. The summed E-state index contributed by atoms with van der Waals surface area (Å²) in [6.45, 7) is 41.0. The number of halogens is 5. The second-order valence-electron chi connectivity index (χ2n) is 32.4. The Morgan fingerprint density at radius 3 is 0.893 bits per heavy atom. The Bertz CT molecular complexity index is 3120. The molecule has 0 radical (unpaired) electrons. The Kier molecular flexibility index (Phi) is 87.1.